The molecular weight excluding hydrogens is 464 g/mol. The van der Waals surface area contributed by atoms with Gasteiger partial charge in [-0.05, 0) is 62.0 Å². The molecule has 1 saturated carbocycles. The van der Waals surface area contributed by atoms with Crippen molar-refractivity contribution in [2.75, 3.05) is 33.1 Å². The van der Waals surface area contributed by atoms with Gasteiger partial charge in [-0.15, -0.1) is 11.5 Å². The van der Waals surface area contributed by atoms with E-state index >= 15 is 0 Å². The number of nitrogens with zero attached hydrogens (tertiary/aromatic N) is 3. The second-order valence-corrected chi connectivity index (χ2v) is 10.0. The number of aliphatic hydroxyl groups excluding tert-OH is 1. The maximum Gasteiger partial charge on any atom is 0.254 e. The highest BCUT2D eigenvalue weighted by Crippen LogP contribution is 2.52. The third-order valence-corrected chi connectivity index (χ3v) is 7.56. The first-order valence-electron chi connectivity index (χ1n) is 11.7. The van der Waals surface area contributed by atoms with E-state index in [1.165, 1.54) is 0 Å². The van der Waals surface area contributed by atoms with E-state index in [4.69, 9.17) is 5.73 Å². The van der Waals surface area contributed by atoms with Crippen molar-refractivity contribution in [2.24, 2.45) is 28.7 Å². The topological polar surface area (TPSA) is 154 Å². The van der Waals surface area contributed by atoms with Crippen molar-refractivity contribution in [3.63, 3.8) is 0 Å². The molecule has 3 aliphatic carbocycles. The summed E-state index contributed by atoms with van der Waals surface area (Å²) in [5.74, 6) is -5.51. The second-order valence-electron chi connectivity index (χ2n) is 10.0. The summed E-state index contributed by atoms with van der Waals surface area (Å²) in [6.45, 7) is 3.72. The summed E-state index contributed by atoms with van der Waals surface area (Å²) in [6, 6.07) is 1.06. The lowest BCUT2D eigenvalue weighted by Crippen LogP contribution is -2.55. The van der Waals surface area contributed by atoms with Gasteiger partial charge < -0.3 is 25.7 Å². The van der Waals surface area contributed by atoms with Gasteiger partial charge in [-0.25, -0.2) is 0 Å². The van der Waals surface area contributed by atoms with E-state index in [2.05, 4.69) is 11.8 Å². The summed E-state index contributed by atoms with van der Waals surface area (Å²) < 4.78 is 0. The number of hydrogen-bond acceptors (Lipinski definition) is 9. The summed E-state index contributed by atoms with van der Waals surface area (Å²) in [4.78, 5) is 54.6. The monoisotopic (exact) mass is 494 g/mol. The normalized spacial score (nSPS) is 25.4. The summed E-state index contributed by atoms with van der Waals surface area (Å²) in [7, 11) is 7.05. The molecular formula is C26H30N4O6. The van der Waals surface area contributed by atoms with Crippen molar-refractivity contribution in [1.82, 2.24) is 4.90 Å². The van der Waals surface area contributed by atoms with E-state index in [0.29, 0.717) is 24.0 Å². The van der Waals surface area contributed by atoms with E-state index in [-0.39, 0.29) is 34.8 Å². The molecule has 1 aromatic rings. The van der Waals surface area contributed by atoms with Crippen molar-refractivity contribution >= 4 is 28.9 Å². The first kappa shape index (κ1) is 25.3. The first-order valence-corrected chi connectivity index (χ1v) is 11.7. The number of aliphatic hydroxyl groups is 1. The maximum atomic E-state index is 13.8. The molecule has 0 aliphatic heterocycles. The van der Waals surface area contributed by atoms with Gasteiger partial charge in [0.2, 0.25) is 0 Å². The number of amides is 1. The van der Waals surface area contributed by atoms with Crippen LogP contribution >= 0.6 is 0 Å². The third kappa shape index (κ3) is 3.55. The van der Waals surface area contributed by atoms with Gasteiger partial charge in [-0.1, -0.05) is 6.08 Å². The Kier molecular flexibility index (Phi) is 6.34. The number of aromatic hydroxyl groups is 1. The molecule has 0 saturated heterocycles. The number of anilines is 1. The van der Waals surface area contributed by atoms with Crippen molar-refractivity contribution in [3.05, 3.63) is 57.2 Å². The van der Waals surface area contributed by atoms with Crippen molar-refractivity contribution in [1.29, 1.82) is 0 Å². The number of benzene rings is 1. The van der Waals surface area contributed by atoms with Crippen LogP contribution in [0.5, 0.6) is 5.75 Å². The third-order valence-electron chi connectivity index (χ3n) is 7.56. The van der Waals surface area contributed by atoms with Crippen LogP contribution in [0.2, 0.25) is 0 Å². The van der Waals surface area contributed by atoms with E-state index in [9.17, 15) is 29.5 Å². The number of primary amides is 1. The second kappa shape index (κ2) is 9.02. The molecule has 0 bridgehead atoms. The number of hydrogen-bond donors (Lipinski definition) is 3. The molecule has 0 spiro atoms. The van der Waals surface area contributed by atoms with Crippen molar-refractivity contribution in [2.45, 2.75) is 25.3 Å². The van der Waals surface area contributed by atoms with Crippen LogP contribution in [0.4, 0.5) is 5.69 Å². The minimum atomic E-state index is -1.30. The van der Waals surface area contributed by atoms with Crippen LogP contribution in [-0.4, -0.2) is 66.8 Å². The molecule has 190 valence electrons. The number of Topliss-reactive ketones (excluding diaryl/α,β-unsaturated/α-hetero) is 2. The lowest BCUT2D eigenvalue weighted by Gasteiger charge is -2.46. The van der Waals surface area contributed by atoms with E-state index in [1.807, 2.05) is 25.1 Å². The highest BCUT2D eigenvalue weighted by Gasteiger charge is 2.56. The van der Waals surface area contributed by atoms with Crippen LogP contribution in [0.15, 0.2) is 40.7 Å². The maximum absolute atomic E-state index is 13.8. The molecule has 3 aliphatic rings. The van der Waals surface area contributed by atoms with Crippen LogP contribution in [0.1, 0.15) is 23.1 Å². The molecule has 0 heterocycles. The summed E-state index contributed by atoms with van der Waals surface area (Å²) >= 11 is 0. The number of fused-ring (bicyclic) bond motifs is 3. The number of carbonyl (C=O) groups is 3. The Balaban J connectivity index is 1.95. The fourth-order valence-corrected chi connectivity index (χ4v) is 6.18. The SMILES string of the molecule is C=CCc1cc(N(C)C)c2c(c1O)C(O)=C1C(=O)C3C(=O)C(C(N)=O)=C(N=O)[C@@H](N(C)C)C3CC1C2. The van der Waals surface area contributed by atoms with Gasteiger partial charge in [0.05, 0.1) is 17.5 Å². The van der Waals surface area contributed by atoms with Crippen LogP contribution in [0, 0.1) is 22.7 Å². The van der Waals surface area contributed by atoms with Gasteiger partial charge >= 0.3 is 0 Å². The first-order chi connectivity index (χ1) is 17.0. The zero-order valence-electron chi connectivity index (χ0n) is 20.7. The number of allylic oxidation sites excluding steroid dienone is 2. The zero-order chi connectivity index (χ0) is 26.6. The molecule has 3 unspecified atom stereocenters. The molecule has 4 N–H and O–H groups in total. The van der Waals surface area contributed by atoms with E-state index in [1.54, 1.807) is 25.1 Å². The van der Waals surface area contributed by atoms with Crippen molar-refractivity contribution < 1.29 is 24.6 Å². The Hall–Kier alpha value is -3.79. The minimum absolute atomic E-state index is 0.0525. The Morgan fingerprint density at radius 3 is 2.42 bits per heavy atom. The predicted molar refractivity (Wildman–Crippen MR) is 134 cm³/mol. The van der Waals surface area contributed by atoms with Gasteiger partial charge in [0.15, 0.2) is 11.6 Å². The molecule has 10 nitrogen and oxygen atoms in total. The molecule has 4 atom stereocenters. The Morgan fingerprint density at radius 1 is 1.22 bits per heavy atom. The number of likely N-dealkylation sites (N-methyl/N-ethyl adjacent to an activating group) is 1. The molecule has 36 heavy (non-hydrogen) atoms. The van der Waals surface area contributed by atoms with E-state index in [0.717, 1.165) is 5.69 Å². The minimum Gasteiger partial charge on any atom is -0.507 e. The lowest BCUT2D eigenvalue weighted by molar-refractivity contribution is -0.136. The van der Waals surface area contributed by atoms with Crippen LogP contribution in [0.3, 0.4) is 0 Å². The van der Waals surface area contributed by atoms with Gasteiger partial charge in [-0.2, -0.15) is 0 Å². The number of nitroso groups, excluding NO2 is 1. The molecule has 0 radical (unpaired) electrons. The molecule has 1 amide bonds. The zero-order valence-corrected chi connectivity index (χ0v) is 20.7. The Bertz CT molecular complexity index is 1280. The largest absolute Gasteiger partial charge is 0.507 e. The van der Waals surface area contributed by atoms with Gasteiger partial charge in [0.1, 0.15) is 22.8 Å². The summed E-state index contributed by atoms with van der Waals surface area (Å²) in [5, 5.41) is 25.4. The van der Waals surface area contributed by atoms with Gasteiger partial charge in [0.25, 0.3) is 5.91 Å². The van der Waals surface area contributed by atoms with Crippen LogP contribution in [0.25, 0.3) is 5.76 Å². The highest BCUT2D eigenvalue weighted by molar-refractivity contribution is 6.28. The molecule has 0 aromatic heterocycles. The summed E-state index contributed by atoms with van der Waals surface area (Å²) in [6.07, 6.45) is 2.61. The molecule has 10 heteroatoms. The number of ketones is 2. The standard InChI is InChI=1S/C26H30N4O6/c1-6-7-11-10-15(29(2)3)13-8-12-9-14-18(24(33)16(12)23(32)17(13)22(11)31)25(34)19(26(27)35)20(28-36)21(14)30(4)5/h6,10,12,14,18,21,31-32H,1,7-9H2,2-5H3,(H2,27,35)/t12?,14?,18?,21-/m0/s1. The summed E-state index contributed by atoms with van der Waals surface area (Å²) in [5.41, 5.74) is 6.84. The van der Waals surface area contributed by atoms with Gasteiger partial charge in [-0.3, -0.25) is 14.4 Å². The fraction of sp³-hybridized carbons (Fsp3) is 0.423. The number of phenolic OH excluding ortho intramolecular Hbond substituents is 1. The number of rotatable bonds is 6. The number of phenols is 1. The Morgan fingerprint density at radius 2 is 1.89 bits per heavy atom. The van der Waals surface area contributed by atoms with Gasteiger partial charge in [0, 0.05) is 30.9 Å². The fourth-order valence-electron chi connectivity index (χ4n) is 6.18. The molecule has 1 fully saturated rings. The average Bonchev–Trinajstić information content (AvgIpc) is 2.79. The highest BCUT2D eigenvalue weighted by atomic mass is 16.3. The molecule has 4 rings (SSSR count). The smallest absolute Gasteiger partial charge is 0.254 e. The van der Waals surface area contributed by atoms with E-state index < -0.39 is 46.8 Å². The van der Waals surface area contributed by atoms with Crippen LogP contribution < -0.4 is 10.6 Å². The quantitative estimate of drug-likeness (QED) is 0.234. The average molecular weight is 495 g/mol. The lowest BCUT2D eigenvalue weighted by atomic mass is 9.59. The number of nitrogens with two attached hydrogens (primary N) is 1. The number of carbonyl (C=O) groups excluding carboxylic acids is 3. The van der Waals surface area contributed by atoms with Crippen molar-refractivity contribution in [3.8, 4) is 5.75 Å². The predicted octanol–water partition coefficient (Wildman–Crippen LogP) is 1.85. The molecule has 1 aromatic carbocycles. The van der Waals surface area contributed by atoms with Crippen LogP contribution in [-0.2, 0) is 27.2 Å². The Labute approximate surface area is 208 Å².